The first-order valence-corrected chi connectivity index (χ1v) is 7.42. The number of aliphatic hydroxyl groups excluding tert-OH is 1. The molecule has 2 aromatic rings. The van der Waals surface area contributed by atoms with Gasteiger partial charge < -0.3 is 15.2 Å². The van der Waals surface area contributed by atoms with Crippen molar-refractivity contribution in [3.05, 3.63) is 41.4 Å². The molecule has 0 bridgehead atoms. The van der Waals surface area contributed by atoms with Gasteiger partial charge in [0.2, 0.25) is 0 Å². The van der Waals surface area contributed by atoms with Crippen LogP contribution in [0.15, 0.2) is 30.9 Å². The van der Waals surface area contributed by atoms with Crippen molar-refractivity contribution in [2.75, 3.05) is 6.61 Å². The van der Waals surface area contributed by atoms with Gasteiger partial charge in [0.1, 0.15) is 12.7 Å². The quantitative estimate of drug-likeness (QED) is 0.894. The van der Waals surface area contributed by atoms with Crippen molar-refractivity contribution in [3.63, 3.8) is 0 Å². The first kappa shape index (κ1) is 17.2. The molecule has 0 aliphatic rings. The van der Waals surface area contributed by atoms with E-state index in [9.17, 15) is 9.90 Å². The second kappa shape index (κ2) is 6.97. The number of nitrogens with zero attached hydrogens (tertiary/aromatic N) is 3. The fourth-order valence-electron chi connectivity index (χ4n) is 1.91. The normalized spacial score (nSPS) is 12.7. The van der Waals surface area contributed by atoms with E-state index in [1.54, 1.807) is 18.2 Å². The van der Waals surface area contributed by atoms with Gasteiger partial charge in [-0.1, -0.05) is 17.7 Å². The number of aliphatic hydroxyl groups is 1. The van der Waals surface area contributed by atoms with Gasteiger partial charge in [0.15, 0.2) is 6.10 Å². The number of hydrogen-bond donors (Lipinski definition) is 2. The second-order valence-electron chi connectivity index (χ2n) is 6.00. The molecule has 0 fully saturated rings. The maximum atomic E-state index is 11.9. The molecule has 23 heavy (non-hydrogen) atoms. The monoisotopic (exact) mass is 338 g/mol. The van der Waals surface area contributed by atoms with E-state index in [1.165, 1.54) is 17.3 Å². The van der Waals surface area contributed by atoms with Crippen LogP contribution >= 0.6 is 11.6 Å². The van der Waals surface area contributed by atoms with Crippen LogP contribution in [-0.4, -0.2) is 38.1 Å². The fraction of sp³-hybridized carbons (Fsp3) is 0.400. The smallest absolute Gasteiger partial charge is 0.408 e. The Kier molecular flexibility index (Phi) is 5.23. The summed E-state index contributed by atoms with van der Waals surface area (Å²) in [6, 6.07) is 5.04. The Labute approximate surface area is 139 Å². The number of nitrogens with one attached hydrogen (secondary N) is 1. The summed E-state index contributed by atoms with van der Waals surface area (Å²) in [5, 5.41) is 16.7. The summed E-state index contributed by atoms with van der Waals surface area (Å²) in [4.78, 5) is 15.8. The van der Waals surface area contributed by atoms with Crippen LogP contribution in [0.4, 0.5) is 4.79 Å². The van der Waals surface area contributed by atoms with Crippen LogP contribution in [-0.2, 0) is 4.74 Å². The molecule has 1 aromatic carbocycles. The number of alkyl carbamates (subject to hydrolysis) is 1. The number of aromatic nitrogens is 3. The maximum Gasteiger partial charge on any atom is 0.408 e. The minimum Gasteiger partial charge on any atom is -0.439 e. The summed E-state index contributed by atoms with van der Waals surface area (Å²) in [6.45, 7) is 5.17. The molecular formula is C15H19ClN4O3. The highest BCUT2D eigenvalue weighted by molar-refractivity contribution is 6.32. The zero-order chi connectivity index (χ0) is 17.0. The molecule has 2 N–H and O–H groups in total. The standard InChI is InChI=1S/C15H19ClN4O3/c1-15(2,3)19-14(22)23-13(7-21)10-4-5-11(16)12(6-10)20-9-17-8-18-20/h4-6,8-9,13,21H,7H2,1-3H3,(H,19,22)/t13-/m1/s1. The van der Waals surface area contributed by atoms with Crippen molar-refractivity contribution in [2.24, 2.45) is 0 Å². The predicted octanol–water partition coefficient (Wildman–Crippen LogP) is 2.48. The summed E-state index contributed by atoms with van der Waals surface area (Å²) in [6.07, 6.45) is 1.48. The van der Waals surface area contributed by atoms with E-state index in [1.807, 2.05) is 20.8 Å². The van der Waals surface area contributed by atoms with E-state index >= 15 is 0 Å². The highest BCUT2D eigenvalue weighted by Gasteiger charge is 2.21. The van der Waals surface area contributed by atoms with Gasteiger partial charge in [0, 0.05) is 5.54 Å². The van der Waals surface area contributed by atoms with E-state index in [0.29, 0.717) is 16.3 Å². The maximum absolute atomic E-state index is 11.9. The lowest BCUT2D eigenvalue weighted by atomic mass is 10.1. The highest BCUT2D eigenvalue weighted by Crippen LogP contribution is 2.26. The van der Waals surface area contributed by atoms with Crippen molar-refractivity contribution in [3.8, 4) is 5.69 Å². The Morgan fingerprint density at radius 2 is 2.22 bits per heavy atom. The van der Waals surface area contributed by atoms with E-state index in [-0.39, 0.29) is 6.61 Å². The molecule has 0 saturated carbocycles. The molecule has 7 nitrogen and oxygen atoms in total. The van der Waals surface area contributed by atoms with Crippen LogP contribution in [0.2, 0.25) is 5.02 Å². The Bertz CT molecular complexity index is 668. The third-order valence-electron chi connectivity index (χ3n) is 2.90. The fourth-order valence-corrected chi connectivity index (χ4v) is 2.12. The van der Waals surface area contributed by atoms with Crippen LogP contribution in [0.25, 0.3) is 5.69 Å². The van der Waals surface area contributed by atoms with Gasteiger partial charge in [-0.15, -0.1) is 0 Å². The highest BCUT2D eigenvalue weighted by atomic mass is 35.5. The molecule has 8 heteroatoms. The van der Waals surface area contributed by atoms with Crippen LogP contribution in [0.1, 0.15) is 32.4 Å². The lowest BCUT2D eigenvalue weighted by Crippen LogP contribution is -2.41. The van der Waals surface area contributed by atoms with Gasteiger partial charge in [0.25, 0.3) is 0 Å². The van der Waals surface area contributed by atoms with Crippen molar-refractivity contribution in [1.29, 1.82) is 0 Å². The molecular weight excluding hydrogens is 320 g/mol. The number of ether oxygens (including phenoxy) is 1. The molecule has 1 atom stereocenters. The molecule has 0 aliphatic carbocycles. The number of hydrogen-bond acceptors (Lipinski definition) is 5. The van der Waals surface area contributed by atoms with Crippen molar-refractivity contribution < 1.29 is 14.6 Å². The van der Waals surface area contributed by atoms with Crippen molar-refractivity contribution >= 4 is 17.7 Å². The van der Waals surface area contributed by atoms with E-state index < -0.39 is 17.7 Å². The average Bonchev–Trinajstić information content (AvgIpc) is 2.97. The second-order valence-corrected chi connectivity index (χ2v) is 6.41. The van der Waals surface area contributed by atoms with Gasteiger partial charge in [-0.25, -0.2) is 14.5 Å². The minimum atomic E-state index is -0.808. The topological polar surface area (TPSA) is 89.3 Å². The number of carbonyl (C=O) groups excluding carboxylic acids is 1. The Hall–Kier alpha value is -2.12. The zero-order valence-electron chi connectivity index (χ0n) is 13.2. The summed E-state index contributed by atoms with van der Waals surface area (Å²) in [5.74, 6) is 0. The van der Waals surface area contributed by atoms with Crippen molar-refractivity contribution in [2.45, 2.75) is 32.4 Å². The molecule has 0 radical (unpaired) electrons. The molecule has 2 rings (SSSR count). The molecule has 0 aliphatic heterocycles. The van der Waals surface area contributed by atoms with Gasteiger partial charge in [-0.05, 0) is 38.5 Å². The summed E-state index contributed by atoms with van der Waals surface area (Å²) >= 11 is 6.16. The average molecular weight is 339 g/mol. The Balaban J connectivity index is 2.22. The van der Waals surface area contributed by atoms with E-state index in [2.05, 4.69) is 15.4 Å². The SMILES string of the molecule is CC(C)(C)NC(=O)O[C@H](CO)c1ccc(Cl)c(-n2cncn2)c1. The molecule has 1 amide bonds. The number of halogens is 1. The van der Waals surface area contributed by atoms with Crippen molar-refractivity contribution in [1.82, 2.24) is 20.1 Å². The minimum absolute atomic E-state index is 0.351. The molecule has 1 heterocycles. The van der Waals surface area contributed by atoms with Crippen LogP contribution in [0.5, 0.6) is 0 Å². The zero-order valence-corrected chi connectivity index (χ0v) is 13.9. The lowest BCUT2D eigenvalue weighted by Gasteiger charge is -2.23. The molecule has 124 valence electrons. The molecule has 0 spiro atoms. The third kappa shape index (κ3) is 4.67. The number of carbonyl (C=O) groups is 1. The van der Waals surface area contributed by atoms with Gasteiger partial charge in [-0.2, -0.15) is 5.10 Å². The third-order valence-corrected chi connectivity index (χ3v) is 3.22. The van der Waals surface area contributed by atoms with Crippen LogP contribution < -0.4 is 5.32 Å². The van der Waals surface area contributed by atoms with Crippen LogP contribution in [0.3, 0.4) is 0 Å². The van der Waals surface area contributed by atoms with E-state index in [4.69, 9.17) is 16.3 Å². The Morgan fingerprint density at radius 1 is 1.48 bits per heavy atom. The largest absolute Gasteiger partial charge is 0.439 e. The summed E-state index contributed by atoms with van der Waals surface area (Å²) < 4.78 is 6.78. The van der Waals surface area contributed by atoms with Gasteiger partial charge in [-0.3, -0.25) is 0 Å². The molecule has 0 saturated heterocycles. The Morgan fingerprint density at radius 3 is 2.78 bits per heavy atom. The first-order chi connectivity index (χ1) is 10.8. The van der Waals surface area contributed by atoms with Gasteiger partial charge in [0.05, 0.1) is 17.3 Å². The molecule has 0 unspecified atom stereocenters. The summed E-state index contributed by atoms with van der Waals surface area (Å²) in [5.41, 5.74) is 0.759. The van der Waals surface area contributed by atoms with Gasteiger partial charge >= 0.3 is 6.09 Å². The first-order valence-electron chi connectivity index (χ1n) is 7.04. The van der Waals surface area contributed by atoms with Crippen LogP contribution in [0, 0.1) is 0 Å². The summed E-state index contributed by atoms with van der Waals surface area (Å²) in [7, 11) is 0. The van der Waals surface area contributed by atoms with E-state index in [0.717, 1.165) is 0 Å². The lowest BCUT2D eigenvalue weighted by molar-refractivity contribution is 0.0530. The number of rotatable bonds is 4. The number of benzene rings is 1. The predicted molar refractivity (Wildman–Crippen MR) is 85.6 cm³/mol. The number of amides is 1. The molecule has 1 aromatic heterocycles.